The van der Waals surface area contributed by atoms with E-state index in [2.05, 4.69) is 33.5 Å². The van der Waals surface area contributed by atoms with Crippen LogP contribution in [0.5, 0.6) is 0 Å². The first kappa shape index (κ1) is 16.1. The Labute approximate surface area is 151 Å². The second-order valence-electron chi connectivity index (χ2n) is 6.21. The van der Waals surface area contributed by atoms with Gasteiger partial charge < -0.3 is 10.3 Å². The molecule has 4 nitrogen and oxygen atoms in total. The molecule has 2 heterocycles. The van der Waals surface area contributed by atoms with Gasteiger partial charge in [0, 0.05) is 29.8 Å². The minimum absolute atomic E-state index is 0.0809. The topological polar surface area (TPSA) is 57.8 Å². The van der Waals surface area contributed by atoms with E-state index < -0.39 is 0 Å². The molecule has 0 bridgehead atoms. The highest BCUT2D eigenvalue weighted by Gasteiger charge is 2.10. The summed E-state index contributed by atoms with van der Waals surface area (Å²) >= 11 is 0. The van der Waals surface area contributed by atoms with Crippen molar-refractivity contribution >= 4 is 16.8 Å². The van der Waals surface area contributed by atoms with Crippen LogP contribution in [0, 0.1) is 0 Å². The fourth-order valence-electron chi connectivity index (χ4n) is 3.04. The minimum Gasteiger partial charge on any atom is -0.351 e. The van der Waals surface area contributed by atoms with Gasteiger partial charge in [-0.3, -0.25) is 9.78 Å². The third-order valence-electron chi connectivity index (χ3n) is 4.42. The Morgan fingerprint density at radius 3 is 2.54 bits per heavy atom. The van der Waals surface area contributed by atoms with E-state index in [1.54, 1.807) is 12.4 Å². The maximum absolute atomic E-state index is 12.4. The number of benzene rings is 2. The molecule has 26 heavy (non-hydrogen) atoms. The van der Waals surface area contributed by atoms with Crippen LogP contribution >= 0.6 is 0 Å². The number of nitrogens with zero attached hydrogens (tertiary/aromatic N) is 1. The van der Waals surface area contributed by atoms with Crippen LogP contribution in [0.15, 0.2) is 79.1 Å². The Bertz CT molecular complexity index is 1020. The van der Waals surface area contributed by atoms with E-state index in [1.165, 1.54) is 5.56 Å². The lowest BCUT2D eigenvalue weighted by Gasteiger charge is -2.03. The van der Waals surface area contributed by atoms with Gasteiger partial charge in [0.15, 0.2) is 0 Å². The zero-order valence-electron chi connectivity index (χ0n) is 14.3. The Balaban J connectivity index is 1.47. The molecule has 0 atom stereocenters. The quantitative estimate of drug-likeness (QED) is 0.571. The molecular formula is C22H19N3O. The number of aromatic nitrogens is 2. The van der Waals surface area contributed by atoms with Crippen LogP contribution in [-0.2, 0) is 6.42 Å². The van der Waals surface area contributed by atoms with Crippen molar-refractivity contribution in [2.45, 2.75) is 6.42 Å². The fraction of sp³-hybridized carbons (Fsp3) is 0.0909. The standard InChI is InChI=1S/C22H19N3O/c26-22(24-13-8-16-4-2-1-3-5-16)21-15-19-14-18(6-7-20(19)25-21)17-9-11-23-12-10-17/h1-7,9-12,14-15,25H,8,13H2,(H,24,26). The largest absolute Gasteiger partial charge is 0.351 e. The lowest BCUT2D eigenvalue weighted by atomic mass is 10.1. The molecule has 0 aliphatic carbocycles. The number of fused-ring (bicyclic) bond motifs is 1. The number of aromatic amines is 1. The fourth-order valence-corrected chi connectivity index (χ4v) is 3.04. The molecule has 0 fully saturated rings. The number of nitrogens with one attached hydrogen (secondary N) is 2. The average molecular weight is 341 g/mol. The Morgan fingerprint density at radius 2 is 1.73 bits per heavy atom. The van der Waals surface area contributed by atoms with Crippen LogP contribution in [-0.4, -0.2) is 22.4 Å². The Morgan fingerprint density at radius 1 is 0.923 bits per heavy atom. The lowest BCUT2D eigenvalue weighted by molar-refractivity contribution is 0.0950. The van der Waals surface area contributed by atoms with Gasteiger partial charge in [0.05, 0.1) is 0 Å². The second-order valence-corrected chi connectivity index (χ2v) is 6.21. The number of pyridine rings is 1. The van der Waals surface area contributed by atoms with E-state index >= 15 is 0 Å². The highest BCUT2D eigenvalue weighted by Crippen LogP contribution is 2.24. The van der Waals surface area contributed by atoms with E-state index in [0.29, 0.717) is 12.2 Å². The van der Waals surface area contributed by atoms with Crippen molar-refractivity contribution in [3.63, 3.8) is 0 Å². The summed E-state index contributed by atoms with van der Waals surface area (Å²) in [6.45, 7) is 0.612. The van der Waals surface area contributed by atoms with Crippen molar-refractivity contribution in [1.82, 2.24) is 15.3 Å². The predicted octanol–water partition coefficient (Wildman–Crippen LogP) is 4.20. The molecule has 4 heteroatoms. The van der Waals surface area contributed by atoms with Gasteiger partial charge in [0.1, 0.15) is 5.69 Å². The molecule has 2 aromatic heterocycles. The molecule has 128 valence electrons. The maximum atomic E-state index is 12.4. The summed E-state index contributed by atoms with van der Waals surface area (Å²) in [7, 11) is 0. The molecule has 4 aromatic rings. The molecule has 0 radical (unpaired) electrons. The lowest BCUT2D eigenvalue weighted by Crippen LogP contribution is -2.25. The number of rotatable bonds is 5. The number of carbonyl (C=O) groups is 1. The molecule has 0 saturated heterocycles. The summed E-state index contributed by atoms with van der Waals surface area (Å²) in [6, 6.07) is 22.1. The van der Waals surface area contributed by atoms with Crippen LogP contribution in [0.25, 0.3) is 22.0 Å². The minimum atomic E-state index is -0.0809. The molecule has 0 spiro atoms. The van der Waals surface area contributed by atoms with Crippen molar-refractivity contribution in [3.8, 4) is 11.1 Å². The van der Waals surface area contributed by atoms with E-state index in [-0.39, 0.29) is 5.91 Å². The molecule has 4 rings (SSSR count). The highest BCUT2D eigenvalue weighted by molar-refractivity contribution is 5.98. The number of hydrogen-bond donors (Lipinski definition) is 2. The van der Waals surface area contributed by atoms with Gasteiger partial charge in [0.2, 0.25) is 0 Å². The maximum Gasteiger partial charge on any atom is 0.267 e. The van der Waals surface area contributed by atoms with Crippen LogP contribution < -0.4 is 5.32 Å². The van der Waals surface area contributed by atoms with Crippen molar-refractivity contribution in [3.05, 3.63) is 90.4 Å². The van der Waals surface area contributed by atoms with Crippen molar-refractivity contribution in [1.29, 1.82) is 0 Å². The first-order valence-corrected chi connectivity index (χ1v) is 8.65. The van der Waals surface area contributed by atoms with E-state index in [9.17, 15) is 4.79 Å². The van der Waals surface area contributed by atoms with Crippen LogP contribution in [0.4, 0.5) is 0 Å². The number of amides is 1. The van der Waals surface area contributed by atoms with Gasteiger partial charge in [0.25, 0.3) is 5.91 Å². The zero-order chi connectivity index (χ0) is 17.8. The highest BCUT2D eigenvalue weighted by atomic mass is 16.1. The molecule has 0 unspecified atom stereocenters. The summed E-state index contributed by atoms with van der Waals surface area (Å²) in [6.07, 6.45) is 4.38. The Hall–Kier alpha value is -3.40. The summed E-state index contributed by atoms with van der Waals surface area (Å²) in [5, 5.41) is 4.00. The SMILES string of the molecule is O=C(NCCc1ccccc1)c1cc2cc(-c3ccncc3)ccc2[nH]1. The molecule has 2 N–H and O–H groups in total. The monoisotopic (exact) mass is 341 g/mol. The summed E-state index contributed by atoms with van der Waals surface area (Å²) in [5.74, 6) is -0.0809. The molecule has 0 saturated carbocycles. The van der Waals surface area contributed by atoms with Crippen molar-refractivity contribution < 1.29 is 4.79 Å². The van der Waals surface area contributed by atoms with Gasteiger partial charge in [-0.25, -0.2) is 0 Å². The molecule has 0 aliphatic heterocycles. The van der Waals surface area contributed by atoms with Crippen molar-refractivity contribution in [2.75, 3.05) is 6.54 Å². The van der Waals surface area contributed by atoms with Crippen LogP contribution in [0.3, 0.4) is 0 Å². The predicted molar refractivity (Wildman–Crippen MR) is 104 cm³/mol. The Kier molecular flexibility index (Phi) is 4.48. The third-order valence-corrected chi connectivity index (χ3v) is 4.42. The smallest absolute Gasteiger partial charge is 0.267 e. The van der Waals surface area contributed by atoms with Gasteiger partial charge in [-0.05, 0) is 53.4 Å². The van der Waals surface area contributed by atoms with Gasteiger partial charge in [-0.15, -0.1) is 0 Å². The zero-order valence-corrected chi connectivity index (χ0v) is 14.3. The van der Waals surface area contributed by atoms with Gasteiger partial charge >= 0.3 is 0 Å². The third kappa shape index (κ3) is 3.49. The van der Waals surface area contributed by atoms with Crippen LogP contribution in [0.2, 0.25) is 0 Å². The van der Waals surface area contributed by atoms with Gasteiger partial charge in [-0.2, -0.15) is 0 Å². The van der Waals surface area contributed by atoms with E-state index in [1.807, 2.05) is 48.5 Å². The average Bonchev–Trinajstić information content (AvgIpc) is 3.13. The second kappa shape index (κ2) is 7.23. The summed E-state index contributed by atoms with van der Waals surface area (Å²) < 4.78 is 0. The van der Waals surface area contributed by atoms with Crippen LogP contribution in [0.1, 0.15) is 16.1 Å². The van der Waals surface area contributed by atoms with Crippen molar-refractivity contribution in [2.24, 2.45) is 0 Å². The first-order chi connectivity index (χ1) is 12.8. The first-order valence-electron chi connectivity index (χ1n) is 8.65. The normalized spacial score (nSPS) is 10.8. The summed E-state index contributed by atoms with van der Waals surface area (Å²) in [4.78, 5) is 19.7. The van der Waals surface area contributed by atoms with Gasteiger partial charge in [-0.1, -0.05) is 36.4 Å². The summed E-state index contributed by atoms with van der Waals surface area (Å²) in [5.41, 5.74) is 4.97. The molecule has 2 aromatic carbocycles. The molecule has 1 amide bonds. The number of carbonyl (C=O) groups excluding carboxylic acids is 1. The molecule has 0 aliphatic rings. The van der Waals surface area contributed by atoms with E-state index in [0.717, 1.165) is 28.5 Å². The van der Waals surface area contributed by atoms with E-state index in [4.69, 9.17) is 0 Å². The number of hydrogen-bond acceptors (Lipinski definition) is 2. The molecular weight excluding hydrogens is 322 g/mol. The number of H-pyrrole nitrogens is 1.